The molecule has 7 nitrogen and oxygen atoms in total. The number of hydrogen-bond acceptors (Lipinski definition) is 5. The molecule has 1 aromatic rings. The summed E-state index contributed by atoms with van der Waals surface area (Å²) in [6, 6.07) is 0.0924. The molecule has 1 aromatic heterocycles. The van der Waals surface area contributed by atoms with E-state index in [0.717, 1.165) is 50.8 Å². The van der Waals surface area contributed by atoms with Gasteiger partial charge in [0.25, 0.3) is 5.91 Å². The molecule has 2 aliphatic rings. The standard InChI is InChI=1S/C19H27N5O2/c1-21-10-9-17(14-6-5-11-26-13-14)24-12-16(18(20)25)19(23-24)22-15-7-3-2-4-8-15/h3,7,12,14,17H,1-2,4-6,8-11,13H2,(H2,20,25). The molecule has 2 heterocycles. The quantitative estimate of drug-likeness (QED) is 0.760. The topological polar surface area (TPSA) is 94.9 Å². The van der Waals surface area contributed by atoms with Crippen molar-refractivity contribution in [2.45, 2.75) is 44.6 Å². The lowest BCUT2D eigenvalue weighted by Crippen LogP contribution is -2.28. The maximum Gasteiger partial charge on any atom is 0.254 e. The summed E-state index contributed by atoms with van der Waals surface area (Å²) >= 11 is 0. The van der Waals surface area contributed by atoms with Crippen LogP contribution in [-0.2, 0) is 4.74 Å². The van der Waals surface area contributed by atoms with Gasteiger partial charge in [0, 0.05) is 31.0 Å². The molecular formula is C19H27N5O2. The highest BCUT2D eigenvalue weighted by atomic mass is 16.5. The summed E-state index contributed by atoms with van der Waals surface area (Å²) in [5, 5.41) is 4.63. The van der Waals surface area contributed by atoms with Gasteiger partial charge in [-0.05, 0) is 51.3 Å². The SMILES string of the molecule is C=NCCC(C1CCCOC1)n1cc(C(N)=O)c(N=C2C=CCCC2)n1. The summed E-state index contributed by atoms with van der Waals surface area (Å²) in [5.74, 6) is 0.240. The summed E-state index contributed by atoms with van der Waals surface area (Å²) in [6.07, 6.45) is 11.8. The Morgan fingerprint density at radius 3 is 3.04 bits per heavy atom. The van der Waals surface area contributed by atoms with Gasteiger partial charge in [0.2, 0.25) is 0 Å². The predicted molar refractivity (Wildman–Crippen MR) is 102 cm³/mol. The number of allylic oxidation sites excluding steroid dienone is 2. The molecule has 3 rings (SSSR count). The average molecular weight is 357 g/mol. The first kappa shape index (κ1) is 18.5. The largest absolute Gasteiger partial charge is 0.381 e. The third-order valence-electron chi connectivity index (χ3n) is 5.00. The molecule has 0 radical (unpaired) electrons. The zero-order valence-corrected chi connectivity index (χ0v) is 15.1. The molecule has 0 saturated carbocycles. The summed E-state index contributed by atoms with van der Waals surface area (Å²) in [7, 11) is 0. The van der Waals surface area contributed by atoms with Crippen molar-refractivity contribution >= 4 is 24.2 Å². The minimum Gasteiger partial charge on any atom is -0.381 e. The zero-order chi connectivity index (χ0) is 18.4. The van der Waals surface area contributed by atoms with Crippen LogP contribution in [0.1, 0.15) is 54.9 Å². The van der Waals surface area contributed by atoms with E-state index in [0.29, 0.717) is 30.5 Å². The lowest BCUT2D eigenvalue weighted by molar-refractivity contribution is 0.0295. The van der Waals surface area contributed by atoms with Crippen molar-refractivity contribution < 1.29 is 9.53 Å². The van der Waals surface area contributed by atoms with Gasteiger partial charge in [-0.2, -0.15) is 5.10 Å². The van der Waals surface area contributed by atoms with E-state index >= 15 is 0 Å². The monoisotopic (exact) mass is 357 g/mol. The third-order valence-corrected chi connectivity index (χ3v) is 5.00. The van der Waals surface area contributed by atoms with Gasteiger partial charge in [0.15, 0.2) is 5.82 Å². The maximum atomic E-state index is 11.9. The van der Waals surface area contributed by atoms with Crippen molar-refractivity contribution in [3.8, 4) is 0 Å². The zero-order valence-electron chi connectivity index (χ0n) is 15.1. The molecule has 7 heteroatoms. The first-order valence-electron chi connectivity index (χ1n) is 9.32. The first-order valence-corrected chi connectivity index (χ1v) is 9.32. The third kappa shape index (κ3) is 4.46. The number of hydrogen-bond donors (Lipinski definition) is 1. The van der Waals surface area contributed by atoms with Crippen molar-refractivity contribution in [2.24, 2.45) is 21.6 Å². The van der Waals surface area contributed by atoms with Gasteiger partial charge >= 0.3 is 0 Å². The van der Waals surface area contributed by atoms with Gasteiger partial charge in [0.05, 0.1) is 12.6 Å². The van der Waals surface area contributed by atoms with Crippen LogP contribution in [0.15, 0.2) is 28.3 Å². The fourth-order valence-electron chi connectivity index (χ4n) is 3.62. The molecule has 0 bridgehead atoms. The second-order valence-electron chi connectivity index (χ2n) is 6.89. The maximum absolute atomic E-state index is 11.9. The number of nitrogens with zero attached hydrogens (tertiary/aromatic N) is 4. The number of carbonyl (C=O) groups excluding carboxylic acids is 1. The Kier molecular flexibility index (Phi) is 6.33. The molecule has 2 N–H and O–H groups in total. The number of primary amides is 1. The Bertz CT molecular complexity index is 701. The molecule has 2 unspecified atom stereocenters. The number of ether oxygens (including phenoxy) is 1. The average Bonchev–Trinajstić information content (AvgIpc) is 3.07. The van der Waals surface area contributed by atoms with E-state index in [9.17, 15) is 4.79 Å². The highest BCUT2D eigenvalue weighted by Gasteiger charge is 2.28. The molecule has 1 saturated heterocycles. The van der Waals surface area contributed by atoms with Gasteiger partial charge in [-0.25, -0.2) is 4.99 Å². The molecular weight excluding hydrogens is 330 g/mol. The lowest BCUT2D eigenvalue weighted by Gasteiger charge is -2.30. The van der Waals surface area contributed by atoms with Crippen molar-refractivity contribution in [3.63, 3.8) is 0 Å². The lowest BCUT2D eigenvalue weighted by atomic mass is 9.91. The van der Waals surface area contributed by atoms with Crippen LogP contribution in [-0.4, -0.2) is 47.9 Å². The van der Waals surface area contributed by atoms with Crippen LogP contribution in [0.3, 0.4) is 0 Å². The van der Waals surface area contributed by atoms with E-state index in [1.54, 1.807) is 6.20 Å². The number of aromatic nitrogens is 2. The number of carbonyl (C=O) groups is 1. The molecule has 1 fully saturated rings. The van der Waals surface area contributed by atoms with E-state index < -0.39 is 5.91 Å². The molecule has 0 aromatic carbocycles. The Morgan fingerprint density at radius 2 is 2.38 bits per heavy atom. The van der Waals surface area contributed by atoms with E-state index in [-0.39, 0.29) is 6.04 Å². The van der Waals surface area contributed by atoms with Gasteiger partial charge in [-0.1, -0.05) is 6.08 Å². The fourth-order valence-corrected chi connectivity index (χ4v) is 3.62. The molecule has 0 spiro atoms. The summed E-state index contributed by atoms with van der Waals surface area (Å²) < 4.78 is 7.50. The van der Waals surface area contributed by atoms with Crippen LogP contribution in [0.4, 0.5) is 5.82 Å². The summed E-state index contributed by atoms with van der Waals surface area (Å²) in [4.78, 5) is 20.5. The van der Waals surface area contributed by atoms with Crippen LogP contribution in [0.2, 0.25) is 0 Å². The minimum atomic E-state index is -0.504. The minimum absolute atomic E-state index is 0.0924. The first-order chi connectivity index (χ1) is 12.7. The Morgan fingerprint density at radius 1 is 1.50 bits per heavy atom. The number of amides is 1. The van der Waals surface area contributed by atoms with Crippen molar-refractivity contribution in [1.29, 1.82) is 0 Å². The summed E-state index contributed by atoms with van der Waals surface area (Å²) in [5.41, 5.74) is 6.88. The normalized spacial score (nSPS) is 23.1. The van der Waals surface area contributed by atoms with E-state index in [1.807, 2.05) is 10.8 Å². The molecule has 26 heavy (non-hydrogen) atoms. The molecule has 2 atom stereocenters. The fraction of sp³-hybridized carbons (Fsp3) is 0.579. The van der Waals surface area contributed by atoms with Crippen LogP contribution in [0, 0.1) is 5.92 Å². The van der Waals surface area contributed by atoms with Crippen molar-refractivity contribution in [2.75, 3.05) is 19.8 Å². The summed E-state index contributed by atoms with van der Waals surface area (Å²) in [6.45, 7) is 5.72. The van der Waals surface area contributed by atoms with Crippen LogP contribution < -0.4 is 5.73 Å². The van der Waals surface area contributed by atoms with Crippen LogP contribution >= 0.6 is 0 Å². The van der Waals surface area contributed by atoms with Crippen molar-refractivity contribution in [3.05, 3.63) is 23.9 Å². The van der Waals surface area contributed by atoms with E-state index in [4.69, 9.17) is 10.5 Å². The van der Waals surface area contributed by atoms with Gasteiger partial charge < -0.3 is 15.5 Å². The highest BCUT2D eigenvalue weighted by Crippen LogP contribution is 2.31. The molecule has 1 aliphatic carbocycles. The molecule has 1 amide bonds. The van der Waals surface area contributed by atoms with Crippen LogP contribution in [0.25, 0.3) is 0 Å². The van der Waals surface area contributed by atoms with Crippen molar-refractivity contribution in [1.82, 2.24) is 9.78 Å². The van der Waals surface area contributed by atoms with Gasteiger partial charge in [0.1, 0.15) is 5.56 Å². The molecule has 1 aliphatic heterocycles. The number of rotatable bonds is 7. The van der Waals surface area contributed by atoms with E-state index in [1.165, 1.54) is 0 Å². The smallest absolute Gasteiger partial charge is 0.254 e. The second-order valence-corrected chi connectivity index (χ2v) is 6.89. The van der Waals surface area contributed by atoms with E-state index in [2.05, 4.69) is 27.9 Å². The van der Waals surface area contributed by atoms with Crippen LogP contribution in [0.5, 0.6) is 0 Å². The second kappa shape index (κ2) is 8.89. The number of aliphatic imine (C=N–C) groups is 2. The predicted octanol–water partition coefficient (Wildman–Crippen LogP) is 2.85. The Hall–Kier alpha value is -2.28. The molecule has 140 valence electrons. The van der Waals surface area contributed by atoms with Gasteiger partial charge in [-0.15, -0.1) is 0 Å². The Labute approximate surface area is 154 Å². The number of nitrogens with two attached hydrogens (primary N) is 1. The Balaban J connectivity index is 1.92. The highest BCUT2D eigenvalue weighted by molar-refractivity contribution is 6.01. The van der Waals surface area contributed by atoms with Gasteiger partial charge in [-0.3, -0.25) is 9.48 Å².